The molecular weight excluding hydrogens is 198 g/mol. The van der Waals surface area contributed by atoms with E-state index in [1.54, 1.807) is 0 Å². The van der Waals surface area contributed by atoms with Gasteiger partial charge < -0.3 is 5.73 Å². The molecule has 3 heteroatoms. The summed E-state index contributed by atoms with van der Waals surface area (Å²) in [6.45, 7) is 1.08. The van der Waals surface area contributed by atoms with Crippen molar-refractivity contribution in [2.75, 3.05) is 0 Å². The van der Waals surface area contributed by atoms with Crippen LogP contribution in [-0.4, -0.2) is 9.78 Å². The first kappa shape index (κ1) is 10.3. The molecule has 0 amide bonds. The third kappa shape index (κ3) is 1.88. The Bertz CT molecular complexity index is 359. The fourth-order valence-corrected chi connectivity index (χ4v) is 2.88. The summed E-state index contributed by atoms with van der Waals surface area (Å²) < 4.78 is 2.17. The quantitative estimate of drug-likeness (QED) is 0.848. The molecule has 2 fully saturated rings. The lowest BCUT2D eigenvalue weighted by Gasteiger charge is -2.33. The van der Waals surface area contributed by atoms with Crippen LogP contribution in [0, 0.1) is 5.92 Å². The molecule has 0 aromatic carbocycles. The number of hydrogen-bond acceptors (Lipinski definition) is 2. The topological polar surface area (TPSA) is 43.8 Å². The van der Waals surface area contributed by atoms with Crippen LogP contribution in [-0.2, 0) is 12.1 Å². The molecule has 1 aromatic heterocycles. The fraction of sp³-hybridized carbons (Fsp3) is 0.769. The van der Waals surface area contributed by atoms with Gasteiger partial charge in [-0.3, -0.25) is 4.68 Å². The van der Waals surface area contributed by atoms with Gasteiger partial charge in [-0.05, 0) is 37.7 Å². The Kier molecular flexibility index (Phi) is 2.51. The summed E-state index contributed by atoms with van der Waals surface area (Å²) in [5.41, 5.74) is 7.74. The first-order valence-electron chi connectivity index (χ1n) is 6.59. The highest BCUT2D eigenvalue weighted by molar-refractivity contribution is 5.15. The summed E-state index contributed by atoms with van der Waals surface area (Å²) in [6.07, 6.45) is 10.8. The number of rotatable bonds is 3. The van der Waals surface area contributed by atoms with E-state index < -0.39 is 0 Å². The van der Waals surface area contributed by atoms with Crippen LogP contribution in [0.1, 0.15) is 50.6 Å². The molecule has 88 valence electrons. The van der Waals surface area contributed by atoms with Crippen LogP contribution in [0.2, 0.25) is 0 Å². The van der Waals surface area contributed by atoms with E-state index in [2.05, 4.69) is 15.8 Å². The molecule has 2 saturated carbocycles. The molecule has 16 heavy (non-hydrogen) atoms. The molecular formula is C13H21N3. The van der Waals surface area contributed by atoms with E-state index in [9.17, 15) is 0 Å². The van der Waals surface area contributed by atoms with Gasteiger partial charge in [-0.15, -0.1) is 0 Å². The Hall–Kier alpha value is -0.830. The van der Waals surface area contributed by atoms with E-state index in [0.717, 1.165) is 25.3 Å². The lowest BCUT2D eigenvalue weighted by Crippen LogP contribution is -2.40. The molecule has 0 spiro atoms. The smallest absolute Gasteiger partial charge is 0.0582 e. The third-order valence-electron chi connectivity index (χ3n) is 4.10. The van der Waals surface area contributed by atoms with E-state index in [0.29, 0.717) is 0 Å². The van der Waals surface area contributed by atoms with Crippen LogP contribution >= 0.6 is 0 Å². The molecule has 3 nitrogen and oxygen atoms in total. The van der Waals surface area contributed by atoms with Crippen LogP contribution in [0.3, 0.4) is 0 Å². The first-order chi connectivity index (χ1) is 7.78. The van der Waals surface area contributed by atoms with Crippen molar-refractivity contribution in [1.82, 2.24) is 9.78 Å². The van der Waals surface area contributed by atoms with Gasteiger partial charge in [0, 0.05) is 12.7 Å². The summed E-state index contributed by atoms with van der Waals surface area (Å²) in [5, 5.41) is 4.45. The SMILES string of the molecule is NC1(c2ccnn2CC2CC2)CCCCC1. The summed E-state index contributed by atoms with van der Waals surface area (Å²) in [6, 6.07) is 2.13. The number of hydrogen-bond donors (Lipinski definition) is 1. The average Bonchev–Trinajstić information content (AvgIpc) is 2.95. The molecule has 2 aliphatic carbocycles. The molecule has 1 aromatic rings. The van der Waals surface area contributed by atoms with Crippen molar-refractivity contribution in [3.63, 3.8) is 0 Å². The number of aromatic nitrogens is 2. The Morgan fingerprint density at radius 3 is 2.75 bits per heavy atom. The lowest BCUT2D eigenvalue weighted by atomic mass is 9.80. The van der Waals surface area contributed by atoms with Gasteiger partial charge in [0.1, 0.15) is 0 Å². The Morgan fingerprint density at radius 1 is 1.31 bits per heavy atom. The number of nitrogens with zero attached hydrogens (tertiary/aromatic N) is 2. The van der Waals surface area contributed by atoms with Gasteiger partial charge >= 0.3 is 0 Å². The maximum absolute atomic E-state index is 6.56. The fourth-order valence-electron chi connectivity index (χ4n) is 2.88. The van der Waals surface area contributed by atoms with Crippen molar-refractivity contribution in [2.24, 2.45) is 11.7 Å². The van der Waals surface area contributed by atoms with E-state index in [-0.39, 0.29) is 5.54 Å². The summed E-state index contributed by atoms with van der Waals surface area (Å²) >= 11 is 0. The highest BCUT2D eigenvalue weighted by atomic mass is 15.3. The molecule has 0 saturated heterocycles. The van der Waals surface area contributed by atoms with Gasteiger partial charge in [0.05, 0.1) is 11.2 Å². The molecule has 0 aliphatic heterocycles. The zero-order valence-electron chi connectivity index (χ0n) is 9.86. The molecule has 2 aliphatic rings. The highest BCUT2D eigenvalue weighted by Gasteiger charge is 2.33. The summed E-state index contributed by atoms with van der Waals surface area (Å²) in [7, 11) is 0. The Balaban J connectivity index is 1.83. The Labute approximate surface area is 97.0 Å². The van der Waals surface area contributed by atoms with E-state index in [4.69, 9.17) is 5.73 Å². The van der Waals surface area contributed by atoms with Gasteiger partial charge in [0.25, 0.3) is 0 Å². The van der Waals surface area contributed by atoms with Crippen molar-refractivity contribution in [1.29, 1.82) is 0 Å². The van der Waals surface area contributed by atoms with Gasteiger partial charge in [0.2, 0.25) is 0 Å². The average molecular weight is 219 g/mol. The summed E-state index contributed by atoms with van der Waals surface area (Å²) in [4.78, 5) is 0. The molecule has 1 heterocycles. The van der Waals surface area contributed by atoms with Crippen LogP contribution in [0.15, 0.2) is 12.3 Å². The lowest BCUT2D eigenvalue weighted by molar-refractivity contribution is 0.279. The zero-order valence-corrected chi connectivity index (χ0v) is 9.86. The van der Waals surface area contributed by atoms with Crippen molar-refractivity contribution in [3.05, 3.63) is 18.0 Å². The maximum atomic E-state index is 6.56. The minimum absolute atomic E-state index is 0.0936. The normalized spacial score (nSPS) is 24.6. The predicted molar refractivity (Wildman–Crippen MR) is 63.9 cm³/mol. The molecule has 0 bridgehead atoms. The second kappa shape index (κ2) is 3.88. The standard InChI is InChI=1S/C13H21N3/c14-13(7-2-1-3-8-13)12-6-9-15-16(12)10-11-4-5-11/h6,9,11H,1-5,7-8,10,14H2. The van der Waals surface area contributed by atoms with Gasteiger partial charge in [0.15, 0.2) is 0 Å². The zero-order chi connectivity index (χ0) is 11.0. The second-order valence-electron chi connectivity index (χ2n) is 5.56. The summed E-state index contributed by atoms with van der Waals surface area (Å²) in [5.74, 6) is 0.867. The molecule has 0 unspecified atom stereocenters. The van der Waals surface area contributed by atoms with E-state index in [1.165, 1.54) is 37.8 Å². The van der Waals surface area contributed by atoms with Crippen LogP contribution in [0.5, 0.6) is 0 Å². The Morgan fingerprint density at radius 2 is 2.06 bits per heavy atom. The second-order valence-corrected chi connectivity index (χ2v) is 5.56. The predicted octanol–water partition coefficient (Wildman–Crippen LogP) is 2.41. The molecule has 0 atom stereocenters. The van der Waals surface area contributed by atoms with Crippen molar-refractivity contribution >= 4 is 0 Å². The van der Waals surface area contributed by atoms with Crippen molar-refractivity contribution in [3.8, 4) is 0 Å². The van der Waals surface area contributed by atoms with Gasteiger partial charge in [-0.25, -0.2) is 0 Å². The van der Waals surface area contributed by atoms with Gasteiger partial charge in [-0.2, -0.15) is 5.10 Å². The maximum Gasteiger partial charge on any atom is 0.0582 e. The van der Waals surface area contributed by atoms with Crippen molar-refractivity contribution in [2.45, 2.75) is 57.0 Å². The van der Waals surface area contributed by atoms with Gasteiger partial charge in [-0.1, -0.05) is 19.3 Å². The van der Waals surface area contributed by atoms with E-state index >= 15 is 0 Å². The highest BCUT2D eigenvalue weighted by Crippen LogP contribution is 2.36. The minimum Gasteiger partial charge on any atom is -0.320 e. The van der Waals surface area contributed by atoms with E-state index in [1.807, 2.05) is 6.20 Å². The first-order valence-corrected chi connectivity index (χ1v) is 6.59. The minimum atomic E-state index is -0.0936. The van der Waals surface area contributed by atoms with Crippen molar-refractivity contribution < 1.29 is 0 Å². The molecule has 3 rings (SSSR count). The van der Waals surface area contributed by atoms with Crippen LogP contribution in [0.25, 0.3) is 0 Å². The molecule has 2 N–H and O–H groups in total. The van der Waals surface area contributed by atoms with Crippen LogP contribution < -0.4 is 5.73 Å². The largest absolute Gasteiger partial charge is 0.320 e. The number of nitrogens with two attached hydrogens (primary N) is 1. The molecule has 0 radical (unpaired) electrons. The monoisotopic (exact) mass is 219 g/mol. The van der Waals surface area contributed by atoms with Crippen LogP contribution in [0.4, 0.5) is 0 Å². The third-order valence-corrected chi connectivity index (χ3v) is 4.10.